The summed E-state index contributed by atoms with van der Waals surface area (Å²) >= 11 is 0. The van der Waals surface area contributed by atoms with Crippen molar-refractivity contribution in [3.8, 4) is 0 Å². The largest absolute Gasteiger partial charge is 0.381 e. The zero-order valence-corrected chi connectivity index (χ0v) is 14.4. The molecule has 2 aliphatic rings. The molecule has 7 nitrogen and oxygen atoms in total. The van der Waals surface area contributed by atoms with Crippen LogP contribution in [0.25, 0.3) is 5.52 Å². The van der Waals surface area contributed by atoms with Gasteiger partial charge in [-0.05, 0) is 25.2 Å². The summed E-state index contributed by atoms with van der Waals surface area (Å²) in [4.78, 5) is 19.6. The van der Waals surface area contributed by atoms with Crippen LogP contribution in [0.1, 0.15) is 44.9 Å². The first-order chi connectivity index (χ1) is 11.6. The fourth-order valence-corrected chi connectivity index (χ4v) is 3.60. The first-order valence-corrected chi connectivity index (χ1v) is 8.96. The predicted octanol–water partition coefficient (Wildman–Crippen LogP) is 1.65. The molecule has 130 valence electrons. The van der Waals surface area contributed by atoms with Crippen molar-refractivity contribution in [3.63, 3.8) is 0 Å². The molecule has 2 aromatic heterocycles. The van der Waals surface area contributed by atoms with Gasteiger partial charge >= 0.3 is 0 Å². The van der Waals surface area contributed by atoms with Crippen molar-refractivity contribution in [2.75, 3.05) is 31.2 Å². The fraction of sp³-hybridized carbons (Fsp3) is 0.706. The molecule has 0 radical (unpaired) electrons. The second-order valence-corrected chi connectivity index (χ2v) is 7.23. The van der Waals surface area contributed by atoms with E-state index in [1.165, 1.54) is 0 Å². The highest BCUT2D eigenvalue weighted by atomic mass is 16.5. The first-order valence-electron chi connectivity index (χ1n) is 8.96. The quantitative estimate of drug-likeness (QED) is 0.852. The summed E-state index contributed by atoms with van der Waals surface area (Å²) in [6.45, 7) is 8.47. The minimum absolute atomic E-state index is 0.0258. The number of ether oxygens (including phenoxy) is 1. The third-order valence-electron chi connectivity index (χ3n) is 5.10. The molecule has 24 heavy (non-hydrogen) atoms. The lowest BCUT2D eigenvalue weighted by molar-refractivity contribution is 0.0832. The summed E-state index contributed by atoms with van der Waals surface area (Å²) in [5, 5.41) is 4.81. The Morgan fingerprint density at radius 1 is 1.29 bits per heavy atom. The van der Waals surface area contributed by atoms with E-state index in [0.717, 1.165) is 57.3 Å². The Kier molecular flexibility index (Phi) is 4.04. The summed E-state index contributed by atoms with van der Waals surface area (Å²) in [6.07, 6.45) is 4.67. The van der Waals surface area contributed by atoms with Crippen LogP contribution in [0, 0.1) is 5.92 Å². The molecular formula is C17H25N5O2. The molecular weight excluding hydrogens is 306 g/mol. The van der Waals surface area contributed by atoms with Crippen LogP contribution in [0.4, 0.5) is 5.95 Å². The fourth-order valence-electron chi connectivity index (χ4n) is 3.60. The Hall–Kier alpha value is -1.89. The van der Waals surface area contributed by atoms with Gasteiger partial charge in [-0.2, -0.15) is 0 Å². The van der Waals surface area contributed by atoms with Crippen LogP contribution in [0.5, 0.6) is 0 Å². The Balaban J connectivity index is 1.74. The van der Waals surface area contributed by atoms with E-state index in [4.69, 9.17) is 9.84 Å². The number of nitrogens with zero attached hydrogens (tertiary/aromatic N) is 5. The van der Waals surface area contributed by atoms with E-state index < -0.39 is 0 Å². The standard InChI is InChI=1S/C17H25N5O2/c1-12(2)3-6-20-7-8-21-16(23)14-11-18-15(22(14)19-17(20)21)13-4-9-24-10-5-13/h11-13H,3-10H2,1-2H3. The molecule has 2 aliphatic heterocycles. The molecule has 1 fully saturated rings. The van der Waals surface area contributed by atoms with Gasteiger partial charge in [0.2, 0.25) is 5.95 Å². The van der Waals surface area contributed by atoms with Crippen LogP contribution in [0.2, 0.25) is 0 Å². The Morgan fingerprint density at radius 3 is 2.83 bits per heavy atom. The molecule has 0 aliphatic carbocycles. The molecule has 0 spiro atoms. The van der Waals surface area contributed by atoms with Crippen molar-refractivity contribution in [2.24, 2.45) is 5.92 Å². The second kappa shape index (κ2) is 6.20. The molecule has 0 atom stereocenters. The highest BCUT2D eigenvalue weighted by Gasteiger charge is 2.27. The Morgan fingerprint density at radius 2 is 2.08 bits per heavy atom. The van der Waals surface area contributed by atoms with Crippen molar-refractivity contribution >= 4 is 11.5 Å². The number of rotatable bonds is 4. The average Bonchev–Trinajstić information content (AvgIpc) is 3.18. The maximum absolute atomic E-state index is 12.8. The van der Waals surface area contributed by atoms with Gasteiger partial charge in [0.15, 0.2) is 5.52 Å². The third kappa shape index (κ3) is 2.60. The second-order valence-electron chi connectivity index (χ2n) is 7.23. The van der Waals surface area contributed by atoms with E-state index in [9.17, 15) is 4.79 Å². The lowest BCUT2D eigenvalue weighted by Crippen LogP contribution is -2.27. The van der Waals surface area contributed by atoms with Crippen LogP contribution in [0.3, 0.4) is 0 Å². The lowest BCUT2D eigenvalue weighted by Gasteiger charge is -2.21. The third-order valence-corrected chi connectivity index (χ3v) is 5.10. The predicted molar refractivity (Wildman–Crippen MR) is 91.7 cm³/mol. The zero-order chi connectivity index (χ0) is 16.7. The molecule has 0 saturated carbocycles. The Labute approximate surface area is 141 Å². The summed E-state index contributed by atoms with van der Waals surface area (Å²) in [6, 6.07) is 0. The molecule has 0 unspecified atom stereocenters. The maximum Gasteiger partial charge on any atom is 0.281 e. The molecule has 0 aromatic carbocycles. The SMILES string of the molecule is CC(C)CCN1CCn2c1nn1c(C3CCOCC3)ncc1c2=O. The van der Waals surface area contributed by atoms with E-state index >= 15 is 0 Å². The molecule has 2 aromatic rings. The molecule has 0 N–H and O–H groups in total. The number of imidazole rings is 1. The lowest BCUT2D eigenvalue weighted by atomic mass is 10.00. The number of fused-ring (bicyclic) bond motifs is 2. The van der Waals surface area contributed by atoms with Gasteiger partial charge < -0.3 is 9.64 Å². The van der Waals surface area contributed by atoms with E-state index in [1.807, 2.05) is 0 Å². The van der Waals surface area contributed by atoms with Crippen molar-refractivity contribution < 1.29 is 4.74 Å². The van der Waals surface area contributed by atoms with Crippen molar-refractivity contribution in [2.45, 2.75) is 45.6 Å². The number of hydrogen-bond acceptors (Lipinski definition) is 5. The normalized spacial score (nSPS) is 18.7. The maximum atomic E-state index is 12.8. The minimum atomic E-state index is 0.0258. The number of aromatic nitrogens is 4. The smallest absolute Gasteiger partial charge is 0.281 e. The molecule has 7 heteroatoms. The molecule has 0 amide bonds. The van der Waals surface area contributed by atoms with Crippen LogP contribution >= 0.6 is 0 Å². The highest BCUT2D eigenvalue weighted by Crippen LogP contribution is 2.26. The van der Waals surface area contributed by atoms with Crippen molar-refractivity contribution in [1.29, 1.82) is 0 Å². The van der Waals surface area contributed by atoms with Crippen LogP contribution < -0.4 is 10.5 Å². The monoisotopic (exact) mass is 331 g/mol. The summed E-state index contributed by atoms with van der Waals surface area (Å²) in [7, 11) is 0. The summed E-state index contributed by atoms with van der Waals surface area (Å²) < 4.78 is 9.03. The van der Waals surface area contributed by atoms with Crippen molar-refractivity contribution in [3.05, 3.63) is 22.4 Å². The summed E-state index contributed by atoms with van der Waals surface area (Å²) in [5.74, 6) is 2.66. The van der Waals surface area contributed by atoms with Crippen LogP contribution in [0.15, 0.2) is 11.0 Å². The molecule has 0 bridgehead atoms. The average molecular weight is 331 g/mol. The molecule has 4 rings (SSSR count). The van der Waals surface area contributed by atoms with E-state index in [-0.39, 0.29) is 5.56 Å². The van der Waals surface area contributed by atoms with E-state index in [2.05, 4.69) is 23.7 Å². The van der Waals surface area contributed by atoms with Gasteiger partial charge in [0.25, 0.3) is 5.56 Å². The molecule has 1 saturated heterocycles. The van der Waals surface area contributed by atoms with Gasteiger partial charge in [-0.1, -0.05) is 13.8 Å². The highest BCUT2D eigenvalue weighted by molar-refractivity contribution is 5.47. The number of hydrogen-bond donors (Lipinski definition) is 0. The van der Waals surface area contributed by atoms with Crippen LogP contribution in [-0.4, -0.2) is 45.5 Å². The molecule has 4 heterocycles. The minimum Gasteiger partial charge on any atom is -0.381 e. The van der Waals surface area contributed by atoms with Gasteiger partial charge in [0.1, 0.15) is 5.82 Å². The van der Waals surface area contributed by atoms with Gasteiger partial charge in [-0.25, -0.2) is 9.50 Å². The van der Waals surface area contributed by atoms with Gasteiger partial charge in [0.05, 0.1) is 6.20 Å². The topological polar surface area (TPSA) is 64.7 Å². The van der Waals surface area contributed by atoms with Gasteiger partial charge in [-0.3, -0.25) is 9.36 Å². The van der Waals surface area contributed by atoms with Crippen molar-refractivity contribution in [1.82, 2.24) is 19.2 Å². The van der Waals surface area contributed by atoms with Crippen LogP contribution in [-0.2, 0) is 11.3 Å². The van der Waals surface area contributed by atoms with Gasteiger partial charge in [0, 0.05) is 38.8 Å². The van der Waals surface area contributed by atoms with E-state index in [0.29, 0.717) is 23.9 Å². The first kappa shape index (κ1) is 15.6. The Bertz CT molecular complexity index is 788. The number of anilines is 1. The summed E-state index contributed by atoms with van der Waals surface area (Å²) in [5.41, 5.74) is 0.615. The zero-order valence-electron chi connectivity index (χ0n) is 14.4. The van der Waals surface area contributed by atoms with E-state index in [1.54, 1.807) is 15.3 Å². The van der Waals surface area contributed by atoms with Gasteiger partial charge in [-0.15, -0.1) is 5.10 Å².